The molecule has 10 heteroatoms. The Labute approximate surface area is 229 Å². The number of halogens is 2. The second kappa shape index (κ2) is 9.36. The van der Waals surface area contributed by atoms with Gasteiger partial charge in [0.25, 0.3) is 0 Å². The van der Waals surface area contributed by atoms with Gasteiger partial charge in [-0.2, -0.15) is 0 Å². The second-order valence-electron chi connectivity index (χ2n) is 9.43. The molecular formula is C28H25Cl2NO7. The first kappa shape index (κ1) is 26.1. The molecule has 0 bridgehead atoms. The largest absolute Gasteiger partial charge is 0.496 e. The lowest BCUT2D eigenvalue weighted by Crippen LogP contribution is -2.58. The van der Waals surface area contributed by atoms with E-state index < -0.39 is 35.0 Å². The van der Waals surface area contributed by atoms with Gasteiger partial charge in [0.1, 0.15) is 22.1 Å². The molecule has 0 amide bonds. The van der Waals surface area contributed by atoms with Crippen LogP contribution in [-0.2, 0) is 14.3 Å². The molecule has 1 N–H and O–H groups in total. The van der Waals surface area contributed by atoms with Gasteiger partial charge in [-0.1, -0.05) is 42.3 Å². The van der Waals surface area contributed by atoms with Gasteiger partial charge in [-0.15, -0.1) is 0 Å². The van der Waals surface area contributed by atoms with Crippen molar-refractivity contribution in [1.29, 1.82) is 0 Å². The molecule has 0 radical (unpaired) electrons. The number of allylic oxidation sites excluding steroid dienone is 2. The Kier molecular flexibility index (Phi) is 6.44. The molecule has 8 nitrogen and oxygen atoms in total. The zero-order valence-corrected chi connectivity index (χ0v) is 22.9. The van der Waals surface area contributed by atoms with Gasteiger partial charge in [-0.25, -0.2) is 4.79 Å². The molecule has 2 heterocycles. The minimum atomic E-state index is -1.91. The highest BCUT2D eigenvalue weighted by atomic mass is 35.5. The zero-order chi connectivity index (χ0) is 27.5. The first-order valence-corrected chi connectivity index (χ1v) is 12.6. The summed E-state index contributed by atoms with van der Waals surface area (Å²) in [5, 5.41) is 3.79. The highest BCUT2D eigenvalue weighted by molar-refractivity contribution is 6.36. The molecule has 3 unspecified atom stereocenters. The number of hydrogen-bond acceptors (Lipinski definition) is 8. The van der Waals surface area contributed by atoms with E-state index in [1.54, 1.807) is 38.1 Å². The summed E-state index contributed by atoms with van der Waals surface area (Å²) in [6.45, 7) is 3.53. The van der Waals surface area contributed by atoms with Crippen LogP contribution in [0.4, 0.5) is 0 Å². The SMILES string of the molecule is COC(=O)C1=C(C)NC2=C(C(=O)C3(Oc4c(Cl)c(OC)cc(OC)c4C3=O)C(C)C2)C1c1ccc(Cl)cc1. The molecular weight excluding hydrogens is 533 g/mol. The standard InChI is InChI=1S/C28H25Cl2NO7/c1-12-10-16-21(20(14-6-8-15(29)9-7-14)19(13(2)31-16)27(34)37-5)25(32)28(12)26(33)22-17(35-3)11-18(36-4)23(30)24(22)38-28/h6-9,11-12,20,31H,10H2,1-5H3. The van der Waals surface area contributed by atoms with Crippen molar-refractivity contribution in [3.63, 3.8) is 0 Å². The number of methoxy groups -OCH3 is 3. The van der Waals surface area contributed by atoms with Gasteiger partial charge >= 0.3 is 5.97 Å². The van der Waals surface area contributed by atoms with E-state index in [4.69, 9.17) is 42.1 Å². The Bertz CT molecular complexity index is 1460. The van der Waals surface area contributed by atoms with E-state index >= 15 is 0 Å². The van der Waals surface area contributed by atoms with Crippen molar-refractivity contribution in [2.45, 2.75) is 31.8 Å². The maximum Gasteiger partial charge on any atom is 0.336 e. The predicted octanol–water partition coefficient (Wildman–Crippen LogP) is 5.02. The third kappa shape index (κ3) is 3.54. The van der Waals surface area contributed by atoms with Crippen molar-refractivity contribution in [2.75, 3.05) is 21.3 Å². The van der Waals surface area contributed by atoms with Gasteiger partial charge in [0.2, 0.25) is 17.2 Å². The van der Waals surface area contributed by atoms with Crippen molar-refractivity contribution in [3.05, 3.63) is 74.0 Å². The number of ether oxygens (including phenoxy) is 4. The topological polar surface area (TPSA) is 100 Å². The number of dihydropyridines is 1. The molecule has 0 aromatic heterocycles. The molecule has 2 aromatic rings. The Hall–Kier alpha value is -3.49. The van der Waals surface area contributed by atoms with Gasteiger partial charge in [-0.3, -0.25) is 9.59 Å². The summed E-state index contributed by atoms with van der Waals surface area (Å²) in [4.78, 5) is 41.7. The molecule has 38 heavy (non-hydrogen) atoms. The van der Waals surface area contributed by atoms with Gasteiger partial charge < -0.3 is 24.3 Å². The van der Waals surface area contributed by atoms with E-state index in [9.17, 15) is 14.4 Å². The average molecular weight is 558 g/mol. The Balaban J connectivity index is 1.71. The van der Waals surface area contributed by atoms with Crippen molar-refractivity contribution < 1.29 is 33.3 Å². The monoisotopic (exact) mass is 557 g/mol. The Morgan fingerprint density at radius 3 is 2.32 bits per heavy atom. The molecule has 1 spiro atoms. The number of hydrogen-bond donors (Lipinski definition) is 1. The zero-order valence-electron chi connectivity index (χ0n) is 21.4. The van der Waals surface area contributed by atoms with Crippen LogP contribution >= 0.6 is 23.2 Å². The molecule has 0 fully saturated rings. The summed E-state index contributed by atoms with van der Waals surface area (Å²) < 4.78 is 22.2. The fraction of sp³-hybridized carbons (Fsp3) is 0.321. The van der Waals surface area contributed by atoms with Gasteiger partial charge in [0.05, 0.1) is 26.9 Å². The maximum absolute atomic E-state index is 14.6. The van der Waals surface area contributed by atoms with Crippen LogP contribution in [0.25, 0.3) is 0 Å². The number of nitrogens with one attached hydrogen (secondary N) is 1. The molecule has 198 valence electrons. The highest BCUT2D eigenvalue weighted by Crippen LogP contribution is 2.56. The summed E-state index contributed by atoms with van der Waals surface area (Å²) >= 11 is 12.7. The summed E-state index contributed by atoms with van der Waals surface area (Å²) in [5.74, 6) is -2.66. The molecule has 5 rings (SSSR count). The number of rotatable bonds is 4. The van der Waals surface area contributed by atoms with Crippen LogP contribution in [0.2, 0.25) is 10.0 Å². The average Bonchev–Trinajstić information content (AvgIpc) is 3.22. The fourth-order valence-electron chi connectivity index (χ4n) is 5.64. The number of ketones is 2. The van der Waals surface area contributed by atoms with Crippen LogP contribution in [-0.4, -0.2) is 44.5 Å². The molecule has 0 saturated heterocycles. The van der Waals surface area contributed by atoms with Crippen molar-refractivity contribution >= 4 is 40.7 Å². The van der Waals surface area contributed by atoms with Crippen LogP contribution in [0.3, 0.4) is 0 Å². The summed E-state index contributed by atoms with van der Waals surface area (Å²) in [7, 11) is 4.11. The highest BCUT2D eigenvalue weighted by Gasteiger charge is 2.63. The number of carbonyl (C=O) groups is 3. The van der Waals surface area contributed by atoms with Crippen molar-refractivity contribution in [3.8, 4) is 17.2 Å². The Morgan fingerprint density at radius 2 is 1.71 bits per heavy atom. The normalized spacial score (nSPS) is 24.1. The maximum atomic E-state index is 14.6. The summed E-state index contributed by atoms with van der Waals surface area (Å²) in [6, 6.07) is 8.34. The molecule has 3 aliphatic rings. The number of esters is 1. The minimum absolute atomic E-state index is 0.0313. The van der Waals surface area contributed by atoms with Gasteiger partial charge in [0, 0.05) is 39.9 Å². The van der Waals surface area contributed by atoms with Crippen molar-refractivity contribution in [2.24, 2.45) is 5.92 Å². The van der Waals surface area contributed by atoms with Gasteiger partial charge in [0.15, 0.2) is 5.75 Å². The first-order valence-electron chi connectivity index (χ1n) is 11.9. The third-order valence-electron chi connectivity index (χ3n) is 7.46. The van der Waals surface area contributed by atoms with E-state index in [0.29, 0.717) is 28.4 Å². The van der Waals surface area contributed by atoms with Crippen LogP contribution in [0.15, 0.2) is 52.9 Å². The Morgan fingerprint density at radius 1 is 1.05 bits per heavy atom. The number of Topliss-reactive ketones (excluding diaryl/α,β-unsaturated/α-hetero) is 2. The van der Waals surface area contributed by atoms with Gasteiger partial charge in [-0.05, 0) is 31.0 Å². The summed E-state index contributed by atoms with van der Waals surface area (Å²) in [6.07, 6.45) is 0.299. The van der Waals surface area contributed by atoms with Crippen LogP contribution in [0.5, 0.6) is 17.2 Å². The van der Waals surface area contributed by atoms with Crippen LogP contribution < -0.4 is 19.5 Å². The van der Waals surface area contributed by atoms with E-state index in [2.05, 4.69) is 5.32 Å². The van der Waals surface area contributed by atoms with E-state index in [0.717, 1.165) is 0 Å². The minimum Gasteiger partial charge on any atom is -0.496 e. The molecule has 0 saturated carbocycles. The smallest absolute Gasteiger partial charge is 0.336 e. The lowest BCUT2D eigenvalue weighted by Gasteiger charge is -2.42. The predicted molar refractivity (Wildman–Crippen MR) is 140 cm³/mol. The molecule has 2 aliphatic heterocycles. The first-order chi connectivity index (χ1) is 18.1. The lowest BCUT2D eigenvalue weighted by atomic mass is 9.65. The number of benzene rings is 2. The van der Waals surface area contributed by atoms with Crippen molar-refractivity contribution in [1.82, 2.24) is 5.32 Å². The third-order valence-corrected chi connectivity index (χ3v) is 8.07. The molecule has 3 atom stereocenters. The fourth-order valence-corrected chi connectivity index (χ4v) is 6.03. The number of carbonyl (C=O) groups excluding carboxylic acids is 3. The van der Waals surface area contributed by atoms with Crippen LogP contribution in [0.1, 0.15) is 42.1 Å². The lowest BCUT2D eigenvalue weighted by molar-refractivity contribution is -0.136. The molecule has 2 aromatic carbocycles. The van der Waals surface area contributed by atoms with E-state index in [1.807, 2.05) is 0 Å². The summed E-state index contributed by atoms with van der Waals surface area (Å²) in [5.41, 5.74) is 0.481. The molecule has 1 aliphatic carbocycles. The second-order valence-corrected chi connectivity index (χ2v) is 10.2. The van der Waals surface area contributed by atoms with E-state index in [-0.39, 0.29) is 39.0 Å². The van der Waals surface area contributed by atoms with Crippen LogP contribution in [0, 0.1) is 5.92 Å². The van der Waals surface area contributed by atoms with E-state index in [1.165, 1.54) is 27.4 Å². The number of fused-ring (bicyclic) bond motifs is 1. The quantitative estimate of drug-likeness (QED) is 0.413.